The number of carbonyl (C=O) groups excluding carboxylic acids is 7. The maximum atomic E-state index is 13.8. The van der Waals surface area contributed by atoms with Crippen molar-refractivity contribution in [2.75, 3.05) is 32.1 Å². The van der Waals surface area contributed by atoms with Gasteiger partial charge in [0.1, 0.15) is 25.1 Å². The first-order valence-corrected chi connectivity index (χ1v) is 21.9. The van der Waals surface area contributed by atoms with E-state index in [0.717, 1.165) is 65.1 Å². The van der Waals surface area contributed by atoms with Crippen molar-refractivity contribution in [3.05, 3.63) is 23.8 Å². The molecule has 8 atom stereocenters. The summed E-state index contributed by atoms with van der Waals surface area (Å²) in [6, 6.07) is 0.149. The van der Waals surface area contributed by atoms with Crippen LogP contribution < -0.4 is 16.0 Å². The molecule has 0 spiro atoms. The van der Waals surface area contributed by atoms with Gasteiger partial charge >= 0.3 is 41.7 Å². The fraction of sp³-hybridized carbons (Fsp3) is 0.718. The number of fused-ring (bicyclic) bond motifs is 1. The first kappa shape index (κ1) is 49.8. The van der Waals surface area contributed by atoms with E-state index in [2.05, 4.69) is 36.1 Å². The first-order chi connectivity index (χ1) is 30.4. The smallest absolute Gasteiger partial charge is 0.442 e. The Morgan fingerprint density at radius 2 is 1.53 bits per heavy atom. The fourth-order valence-corrected chi connectivity index (χ4v) is 9.00. The molecular weight excluding hydrogens is 878 g/mol. The maximum Gasteiger partial charge on any atom is 0.442 e. The van der Waals surface area contributed by atoms with Gasteiger partial charge in [0.15, 0.2) is 24.6 Å². The number of hydrogen-bond donors (Lipinski definition) is 3. The number of rotatable bonds is 23. The number of thioether (sulfide) groups is 1. The standard InChI is InChI=1S/C39H53F3N8O13S/c1-21(51)58-18-27-33(60-22(2)52)34(61-23(3)53)35(62-24(4)54)36(63-27)59-19-31(56)50(17-29-44-15-25(16-45-29)38(48-49-38)39(40,41)42)14-10-6-5-9-13-43-30(55)12-8-7-11-28-32-26(20-64-28)46-37(57)47-32/h15-16,26-28,32-36H,5-14,17-20H2,1-4H3,(H,43,55)(H2,46,47,57)/t26?,27-,28?,32?,33+,34+,35+,36+/m1/s1. The zero-order chi connectivity index (χ0) is 46.6. The number of esters is 4. The second kappa shape index (κ2) is 22.6. The molecule has 1 aromatic heterocycles. The van der Waals surface area contributed by atoms with E-state index in [1.807, 2.05) is 11.8 Å². The number of ether oxygens (including phenoxy) is 6. The summed E-state index contributed by atoms with van der Waals surface area (Å²) >= 11 is 1.83. The molecule has 0 aromatic carbocycles. The average Bonchev–Trinajstić information content (AvgIpc) is 3.86. The van der Waals surface area contributed by atoms with E-state index in [1.54, 1.807) is 0 Å². The lowest BCUT2D eigenvalue weighted by atomic mass is 9.98. The van der Waals surface area contributed by atoms with Gasteiger partial charge in [0, 0.05) is 70.6 Å². The number of nitrogens with one attached hydrogen (secondary N) is 3. The lowest BCUT2D eigenvalue weighted by Gasteiger charge is -2.44. The van der Waals surface area contributed by atoms with Crippen LogP contribution in [-0.2, 0) is 69.4 Å². The van der Waals surface area contributed by atoms with Crippen LogP contribution in [0.4, 0.5) is 18.0 Å². The normalized spacial score (nSPS) is 25.3. The van der Waals surface area contributed by atoms with Crippen molar-refractivity contribution in [3.8, 4) is 0 Å². The van der Waals surface area contributed by atoms with Crippen LogP contribution in [0.1, 0.15) is 90.4 Å². The lowest BCUT2D eigenvalue weighted by Crippen LogP contribution is -2.63. The Morgan fingerprint density at radius 3 is 2.17 bits per heavy atom. The Labute approximate surface area is 370 Å². The van der Waals surface area contributed by atoms with Gasteiger partial charge in [-0.2, -0.15) is 24.9 Å². The van der Waals surface area contributed by atoms with Crippen molar-refractivity contribution < 1.29 is 75.2 Å². The Balaban J connectivity index is 1.17. The molecule has 0 bridgehead atoms. The second-order valence-corrected chi connectivity index (χ2v) is 16.9. The van der Waals surface area contributed by atoms with Crippen LogP contribution in [0, 0.1) is 0 Å². The van der Waals surface area contributed by atoms with Crippen molar-refractivity contribution >= 4 is 53.5 Å². The van der Waals surface area contributed by atoms with Gasteiger partial charge in [-0.25, -0.2) is 14.8 Å². The summed E-state index contributed by atoms with van der Waals surface area (Å²) in [5, 5.41) is 15.5. The molecule has 0 saturated carbocycles. The molecule has 354 valence electrons. The molecule has 4 amide bonds. The second-order valence-electron chi connectivity index (χ2n) is 15.6. The number of hydrogen-bond acceptors (Lipinski definition) is 18. The van der Waals surface area contributed by atoms with E-state index in [4.69, 9.17) is 28.4 Å². The van der Waals surface area contributed by atoms with Crippen molar-refractivity contribution in [1.82, 2.24) is 30.8 Å². The number of alkyl halides is 3. The van der Waals surface area contributed by atoms with Crippen LogP contribution in [0.3, 0.4) is 0 Å². The third-order valence-electron chi connectivity index (χ3n) is 10.6. The highest BCUT2D eigenvalue weighted by atomic mass is 32.2. The Morgan fingerprint density at radius 1 is 0.875 bits per heavy atom. The average molecular weight is 931 g/mol. The topological polar surface area (TPSA) is 265 Å². The minimum absolute atomic E-state index is 0.0152. The molecule has 4 aliphatic rings. The molecule has 0 aliphatic carbocycles. The van der Waals surface area contributed by atoms with Crippen molar-refractivity contribution in [2.45, 2.75) is 145 Å². The van der Waals surface area contributed by atoms with E-state index in [1.165, 1.54) is 4.90 Å². The molecule has 64 heavy (non-hydrogen) atoms. The van der Waals surface area contributed by atoms with Gasteiger partial charge in [0.25, 0.3) is 0 Å². The Bertz CT molecular complexity index is 1870. The number of halogens is 3. The first-order valence-electron chi connectivity index (χ1n) is 20.8. The van der Waals surface area contributed by atoms with E-state index in [-0.39, 0.29) is 42.9 Å². The van der Waals surface area contributed by atoms with Gasteiger partial charge in [-0.05, 0) is 25.7 Å². The Kier molecular flexibility index (Phi) is 17.6. The summed E-state index contributed by atoms with van der Waals surface area (Å²) in [4.78, 5) is 95.5. The number of urea groups is 1. The SMILES string of the molecule is CC(=O)OC[C@H]1O[C@H](OCC(=O)N(CCCCCCNC(=O)CCCCC2SCC3NC(=O)NC32)Cc2ncc(C3(C(F)(F)F)N=N3)cn2)[C@@H](OC(C)=O)[C@@H](OC(C)=O)[C@H]1OC(C)=O. The van der Waals surface area contributed by atoms with E-state index >= 15 is 0 Å². The van der Waals surface area contributed by atoms with Gasteiger partial charge < -0.3 is 49.3 Å². The molecule has 5 heterocycles. The predicted octanol–water partition coefficient (Wildman–Crippen LogP) is 2.49. The molecule has 25 heteroatoms. The number of aromatic nitrogens is 2. The third-order valence-corrected chi connectivity index (χ3v) is 12.1. The molecule has 3 N–H and O–H groups in total. The highest BCUT2D eigenvalue weighted by Crippen LogP contribution is 2.52. The fourth-order valence-electron chi connectivity index (χ4n) is 7.46. The van der Waals surface area contributed by atoms with Crippen LogP contribution in [0.25, 0.3) is 0 Å². The van der Waals surface area contributed by atoms with E-state index in [9.17, 15) is 46.7 Å². The maximum absolute atomic E-state index is 13.8. The van der Waals surface area contributed by atoms with Crippen LogP contribution in [-0.4, -0.2) is 143 Å². The minimum Gasteiger partial charge on any atom is -0.463 e. The quantitative estimate of drug-likeness (QED) is 0.0616. The number of amides is 4. The molecule has 3 saturated heterocycles. The van der Waals surface area contributed by atoms with Gasteiger partial charge in [-0.1, -0.05) is 19.3 Å². The summed E-state index contributed by atoms with van der Waals surface area (Å²) in [6.07, 6.45) is -5.21. The summed E-state index contributed by atoms with van der Waals surface area (Å²) in [7, 11) is 0. The zero-order valence-electron chi connectivity index (χ0n) is 35.8. The molecule has 21 nitrogen and oxygen atoms in total. The number of nitrogens with zero attached hydrogens (tertiary/aromatic N) is 5. The summed E-state index contributed by atoms with van der Waals surface area (Å²) < 4.78 is 73.8. The van der Waals surface area contributed by atoms with Gasteiger partial charge in [0.2, 0.25) is 11.8 Å². The summed E-state index contributed by atoms with van der Waals surface area (Å²) in [6.45, 7) is 3.30. The molecule has 1 aromatic rings. The van der Waals surface area contributed by atoms with E-state index in [0.29, 0.717) is 43.9 Å². The predicted molar refractivity (Wildman–Crippen MR) is 213 cm³/mol. The van der Waals surface area contributed by atoms with Crippen molar-refractivity contribution in [1.29, 1.82) is 0 Å². The van der Waals surface area contributed by atoms with Crippen LogP contribution in [0.2, 0.25) is 0 Å². The summed E-state index contributed by atoms with van der Waals surface area (Å²) in [5.41, 5.74) is -3.15. The Hall–Kier alpha value is -5.17. The monoisotopic (exact) mass is 930 g/mol. The van der Waals surface area contributed by atoms with E-state index < -0.39 is 91.1 Å². The molecule has 3 fully saturated rings. The molecule has 5 rings (SSSR count). The van der Waals surface area contributed by atoms with Crippen LogP contribution in [0.15, 0.2) is 22.6 Å². The van der Waals surface area contributed by atoms with Gasteiger partial charge in [-0.15, -0.1) is 10.2 Å². The molecule has 4 aliphatic heterocycles. The molecule has 3 unspecified atom stereocenters. The van der Waals surface area contributed by atoms with Crippen LogP contribution in [0.5, 0.6) is 0 Å². The zero-order valence-corrected chi connectivity index (χ0v) is 36.6. The van der Waals surface area contributed by atoms with Crippen molar-refractivity contribution in [2.24, 2.45) is 10.2 Å². The van der Waals surface area contributed by atoms with Gasteiger partial charge in [0.05, 0.1) is 24.2 Å². The van der Waals surface area contributed by atoms with Crippen molar-refractivity contribution in [3.63, 3.8) is 0 Å². The largest absolute Gasteiger partial charge is 0.463 e. The molecular formula is C39H53F3N8O13S. The van der Waals surface area contributed by atoms with Crippen LogP contribution >= 0.6 is 11.8 Å². The highest BCUT2D eigenvalue weighted by molar-refractivity contribution is 8.00. The minimum atomic E-state index is -4.80. The number of carbonyl (C=O) groups is 7. The lowest BCUT2D eigenvalue weighted by molar-refractivity contribution is -0.306. The summed E-state index contributed by atoms with van der Waals surface area (Å²) in [5.74, 6) is -3.18. The van der Waals surface area contributed by atoms with Gasteiger partial charge in [-0.3, -0.25) is 28.8 Å². The molecule has 0 radical (unpaired) electrons. The highest BCUT2D eigenvalue weighted by Gasteiger charge is 2.65. The third kappa shape index (κ3) is 13.9. The number of unbranched alkanes of at least 4 members (excludes halogenated alkanes) is 4.